The molecule has 106 valence electrons. The van der Waals surface area contributed by atoms with E-state index in [9.17, 15) is 9.59 Å². The average molecular weight is 386 g/mol. The number of halogens is 1. The molecule has 0 aliphatic heterocycles. The Morgan fingerprint density at radius 1 is 1.30 bits per heavy atom. The van der Waals surface area contributed by atoms with Gasteiger partial charge in [0.05, 0.1) is 0 Å². The van der Waals surface area contributed by atoms with E-state index in [-0.39, 0.29) is 17.5 Å². The normalized spacial score (nSPS) is 10.8. The summed E-state index contributed by atoms with van der Waals surface area (Å²) in [5, 5.41) is 0. The number of amides is 2. The Labute approximate surface area is 130 Å². The lowest BCUT2D eigenvalue weighted by Crippen LogP contribution is -2.42. The summed E-state index contributed by atoms with van der Waals surface area (Å²) in [6.07, 6.45) is 3.86. The van der Waals surface area contributed by atoms with Gasteiger partial charge in [-0.2, -0.15) is 0 Å². The SMILES string of the molecule is CC(C)CC(=O)NNC(=O)c1cn2cc(I)ccc2n1. The van der Waals surface area contributed by atoms with Crippen molar-refractivity contribution in [3.63, 3.8) is 0 Å². The maximum Gasteiger partial charge on any atom is 0.289 e. The zero-order valence-corrected chi connectivity index (χ0v) is 13.3. The van der Waals surface area contributed by atoms with Crippen molar-refractivity contribution >= 4 is 40.1 Å². The van der Waals surface area contributed by atoms with Crippen LogP contribution in [-0.4, -0.2) is 21.2 Å². The molecule has 0 radical (unpaired) electrons. The molecule has 6 nitrogen and oxygen atoms in total. The number of aromatic nitrogens is 2. The maximum atomic E-state index is 11.9. The summed E-state index contributed by atoms with van der Waals surface area (Å²) < 4.78 is 2.82. The minimum atomic E-state index is -0.430. The summed E-state index contributed by atoms with van der Waals surface area (Å²) in [5.74, 6) is -0.406. The van der Waals surface area contributed by atoms with Crippen molar-refractivity contribution < 1.29 is 9.59 Å². The number of fused-ring (bicyclic) bond motifs is 1. The van der Waals surface area contributed by atoms with E-state index < -0.39 is 5.91 Å². The van der Waals surface area contributed by atoms with Crippen molar-refractivity contribution in [2.45, 2.75) is 20.3 Å². The molecule has 20 heavy (non-hydrogen) atoms. The number of carbonyl (C=O) groups is 2. The van der Waals surface area contributed by atoms with Crippen LogP contribution in [0.3, 0.4) is 0 Å². The fourth-order valence-corrected chi connectivity index (χ4v) is 2.17. The molecule has 0 saturated carbocycles. The Hall–Kier alpha value is -1.64. The van der Waals surface area contributed by atoms with Crippen LogP contribution in [0.4, 0.5) is 0 Å². The van der Waals surface area contributed by atoms with Gasteiger partial charge in [-0.05, 0) is 40.6 Å². The summed E-state index contributed by atoms with van der Waals surface area (Å²) in [6, 6.07) is 3.74. The van der Waals surface area contributed by atoms with Crippen LogP contribution >= 0.6 is 22.6 Å². The minimum absolute atomic E-state index is 0.216. The molecule has 0 bridgehead atoms. The van der Waals surface area contributed by atoms with Gasteiger partial charge in [-0.25, -0.2) is 4.98 Å². The Bertz CT molecular complexity index is 651. The lowest BCUT2D eigenvalue weighted by Gasteiger charge is -2.07. The number of pyridine rings is 1. The zero-order chi connectivity index (χ0) is 14.7. The molecule has 2 amide bonds. The number of rotatable bonds is 3. The monoisotopic (exact) mass is 386 g/mol. The van der Waals surface area contributed by atoms with Crippen LogP contribution in [0.15, 0.2) is 24.5 Å². The van der Waals surface area contributed by atoms with Gasteiger partial charge in [0, 0.05) is 22.4 Å². The predicted molar refractivity (Wildman–Crippen MR) is 83.0 cm³/mol. The fourth-order valence-electron chi connectivity index (χ4n) is 1.69. The highest BCUT2D eigenvalue weighted by Gasteiger charge is 2.12. The highest BCUT2D eigenvalue weighted by molar-refractivity contribution is 14.1. The van der Waals surface area contributed by atoms with Gasteiger partial charge < -0.3 is 4.40 Å². The molecule has 0 fully saturated rings. The Balaban J connectivity index is 2.02. The van der Waals surface area contributed by atoms with Crippen molar-refractivity contribution in [3.8, 4) is 0 Å². The smallest absolute Gasteiger partial charge is 0.289 e. The number of hydrogen-bond acceptors (Lipinski definition) is 3. The number of nitrogens with one attached hydrogen (secondary N) is 2. The van der Waals surface area contributed by atoms with Crippen LogP contribution in [-0.2, 0) is 4.79 Å². The fraction of sp³-hybridized carbons (Fsp3) is 0.308. The molecule has 0 aromatic carbocycles. The standard InChI is InChI=1S/C13H15IN4O2/c1-8(2)5-12(19)16-17-13(20)10-7-18-6-9(14)3-4-11(18)15-10/h3-4,6-8H,5H2,1-2H3,(H,16,19)(H,17,20). The highest BCUT2D eigenvalue weighted by Crippen LogP contribution is 2.09. The number of hydrazine groups is 1. The van der Waals surface area contributed by atoms with Crippen molar-refractivity contribution in [2.75, 3.05) is 0 Å². The Morgan fingerprint density at radius 3 is 2.75 bits per heavy atom. The molecule has 2 rings (SSSR count). The second-order valence-corrected chi connectivity index (χ2v) is 6.08. The van der Waals surface area contributed by atoms with Crippen LogP contribution in [0, 0.1) is 9.49 Å². The molecule has 0 aliphatic rings. The van der Waals surface area contributed by atoms with Gasteiger partial charge in [-0.3, -0.25) is 20.4 Å². The molecule has 2 aromatic heterocycles. The number of hydrogen-bond donors (Lipinski definition) is 2. The largest absolute Gasteiger partial charge is 0.305 e. The van der Waals surface area contributed by atoms with Gasteiger partial charge in [-0.1, -0.05) is 13.8 Å². The van der Waals surface area contributed by atoms with Gasteiger partial charge in [0.2, 0.25) is 5.91 Å². The van der Waals surface area contributed by atoms with Crippen LogP contribution in [0.25, 0.3) is 5.65 Å². The van der Waals surface area contributed by atoms with Crippen molar-refractivity contribution in [3.05, 3.63) is 33.8 Å². The van der Waals surface area contributed by atoms with Gasteiger partial charge in [0.1, 0.15) is 11.3 Å². The van der Waals surface area contributed by atoms with E-state index in [2.05, 4.69) is 38.4 Å². The topological polar surface area (TPSA) is 75.5 Å². The maximum absolute atomic E-state index is 11.9. The van der Waals surface area contributed by atoms with Gasteiger partial charge in [0.15, 0.2) is 0 Å². The Morgan fingerprint density at radius 2 is 2.05 bits per heavy atom. The first-order valence-electron chi connectivity index (χ1n) is 6.19. The van der Waals surface area contributed by atoms with E-state index >= 15 is 0 Å². The molecule has 0 spiro atoms. The first-order chi connectivity index (χ1) is 9.45. The van der Waals surface area contributed by atoms with Gasteiger partial charge in [0.25, 0.3) is 5.91 Å². The third kappa shape index (κ3) is 3.69. The lowest BCUT2D eigenvalue weighted by molar-refractivity contribution is -0.122. The lowest BCUT2D eigenvalue weighted by atomic mass is 10.1. The second-order valence-electron chi connectivity index (χ2n) is 4.84. The zero-order valence-electron chi connectivity index (χ0n) is 11.2. The summed E-state index contributed by atoms with van der Waals surface area (Å²) in [7, 11) is 0. The molecule has 0 saturated heterocycles. The third-order valence-electron chi connectivity index (χ3n) is 2.56. The van der Waals surface area contributed by atoms with Gasteiger partial charge >= 0.3 is 0 Å². The summed E-state index contributed by atoms with van der Waals surface area (Å²) in [4.78, 5) is 27.5. The molecular weight excluding hydrogens is 371 g/mol. The first kappa shape index (κ1) is 14.8. The molecule has 0 aliphatic carbocycles. The number of carbonyl (C=O) groups excluding carboxylic acids is 2. The third-order valence-corrected chi connectivity index (χ3v) is 3.19. The molecule has 0 atom stereocenters. The summed E-state index contributed by atoms with van der Waals surface area (Å²) in [5.41, 5.74) is 5.69. The van der Waals surface area contributed by atoms with E-state index in [0.717, 1.165) is 3.57 Å². The summed E-state index contributed by atoms with van der Waals surface area (Å²) >= 11 is 2.18. The molecule has 2 aromatic rings. The van der Waals surface area contributed by atoms with E-state index in [0.29, 0.717) is 12.1 Å². The van der Waals surface area contributed by atoms with Crippen molar-refractivity contribution in [1.82, 2.24) is 20.2 Å². The average Bonchev–Trinajstić information content (AvgIpc) is 2.78. The van der Waals surface area contributed by atoms with Crippen LogP contribution in [0.2, 0.25) is 0 Å². The molecule has 0 unspecified atom stereocenters. The van der Waals surface area contributed by atoms with Crippen LogP contribution in [0.1, 0.15) is 30.8 Å². The van der Waals surface area contributed by atoms with E-state index in [1.54, 1.807) is 10.6 Å². The minimum Gasteiger partial charge on any atom is -0.305 e. The molecule has 7 heteroatoms. The van der Waals surface area contributed by atoms with Crippen molar-refractivity contribution in [2.24, 2.45) is 5.92 Å². The quantitative estimate of drug-likeness (QED) is 0.624. The highest BCUT2D eigenvalue weighted by atomic mass is 127. The van der Waals surface area contributed by atoms with E-state index in [4.69, 9.17) is 0 Å². The number of imidazole rings is 1. The van der Waals surface area contributed by atoms with Crippen LogP contribution in [0.5, 0.6) is 0 Å². The second kappa shape index (κ2) is 6.21. The van der Waals surface area contributed by atoms with Crippen molar-refractivity contribution in [1.29, 1.82) is 0 Å². The van der Waals surface area contributed by atoms with Crippen LogP contribution < -0.4 is 10.9 Å². The molecule has 2 heterocycles. The predicted octanol–water partition coefficient (Wildman–Crippen LogP) is 1.75. The van der Waals surface area contributed by atoms with Gasteiger partial charge in [-0.15, -0.1) is 0 Å². The first-order valence-corrected chi connectivity index (χ1v) is 7.27. The molecule has 2 N–H and O–H groups in total. The molecular formula is C13H15IN4O2. The van der Waals surface area contributed by atoms with E-state index in [1.807, 2.05) is 32.2 Å². The Kier molecular flexibility index (Phi) is 4.58. The summed E-state index contributed by atoms with van der Waals surface area (Å²) in [6.45, 7) is 3.87. The van der Waals surface area contributed by atoms with E-state index in [1.165, 1.54) is 0 Å². The number of nitrogens with zero attached hydrogens (tertiary/aromatic N) is 2.